The molecule has 1 heterocycles. The summed E-state index contributed by atoms with van der Waals surface area (Å²) >= 11 is 0. The summed E-state index contributed by atoms with van der Waals surface area (Å²) in [4.78, 5) is 3.90. The van der Waals surface area contributed by atoms with E-state index in [1.54, 1.807) is 18.2 Å². The van der Waals surface area contributed by atoms with Gasteiger partial charge in [-0.1, -0.05) is 18.2 Å². The molecule has 72 valence electrons. The van der Waals surface area contributed by atoms with Crippen molar-refractivity contribution in [3.05, 3.63) is 36.0 Å². The molecule has 14 heavy (non-hydrogen) atoms. The molecular weight excluding hydrogens is 186 g/mol. The minimum Gasteiger partial charge on any atom is -0.397 e. The Morgan fingerprint density at radius 1 is 1.29 bits per heavy atom. The lowest BCUT2D eigenvalue weighted by Crippen LogP contribution is -1.92. The van der Waals surface area contributed by atoms with Crippen LogP contribution >= 0.6 is 0 Å². The lowest BCUT2D eigenvalue weighted by atomic mass is 10.1. The molecule has 0 atom stereocenters. The number of fused-ring (bicyclic) bond motifs is 1. The Labute approximate surface area is 79.4 Å². The Morgan fingerprint density at radius 2 is 2.07 bits per heavy atom. The van der Waals surface area contributed by atoms with E-state index in [1.807, 2.05) is 0 Å². The number of hydrogen-bond donors (Lipinski definition) is 1. The molecule has 2 N–H and O–H groups in total. The molecule has 2 rings (SSSR count). The lowest BCUT2D eigenvalue weighted by molar-refractivity contribution is 0.153. The van der Waals surface area contributed by atoms with Crippen LogP contribution in [0.15, 0.2) is 30.5 Å². The van der Waals surface area contributed by atoms with Gasteiger partial charge in [-0.3, -0.25) is 4.98 Å². The Morgan fingerprint density at radius 3 is 2.79 bits per heavy atom. The average molecular weight is 194 g/mol. The third kappa shape index (κ3) is 1.39. The maximum absolute atomic E-state index is 12.5. The van der Waals surface area contributed by atoms with Gasteiger partial charge >= 0.3 is 0 Å². The maximum Gasteiger partial charge on any atom is 0.265 e. The van der Waals surface area contributed by atoms with Gasteiger partial charge in [-0.2, -0.15) is 0 Å². The second kappa shape index (κ2) is 3.21. The number of benzene rings is 1. The first-order valence-electron chi connectivity index (χ1n) is 4.11. The van der Waals surface area contributed by atoms with Crippen molar-refractivity contribution in [1.82, 2.24) is 4.98 Å². The fraction of sp³-hybridized carbons (Fsp3) is 0.100. The van der Waals surface area contributed by atoms with Crippen LogP contribution in [0, 0.1) is 0 Å². The number of nitrogen functional groups attached to an aromatic ring is 1. The number of pyridine rings is 1. The Balaban J connectivity index is 2.75. The van der Waals surface area contributed by atoms with Crippen molar-refractivity contribution in [2.24, 2.45) is 0 Å². The maximum atomic E-state index is 12.5. The quantitative estimate of drug-likeness (QED) is 0.758. The zero-order valence-corrected chi connectivity index (χ0v) is 7.24. The summed E-state index contributed by atoms with van der Waals surface area (Å²) in [6.45, 7) is 0. The summed E-state index contributed by atoms with van der Waals surface area (Å²) < 4.78 is 25.1. The topological polar surface area (TPSA) is 38.9 Å². The fourth-order valence-electron chi connectivity index (χ4n) is 1.38. The van der Waals surface area contributed by atoms with Crippen molar-refractivity contribution in [2.45, 2.75) is 6.43 Å². The number of alkyl halides is 2. The molecule has 0 saturated heterocycles. The second-order valence-corrected chi connectivity index (χ2v) is 2.99. The Hall–Kier alpha value is -1.71. The summed E-state index contributed by atoms with van der Waals surface area (Å²) in [5.41, 5.74) is 6.24. The average Bonchev–Trinajstić information content (AvgIpc) is 2.16. The van der Waals surface area contributed by atoms with E-state index in [0.29, 0.717) is 16.6 Å². The van der Waals surface area contributed by atoms with Crippen molar-refractivity contribution in [3.8, 4) is 0 Å². The van der Waals surface area contributed by atoms with Crippen LogP contribution in [0.25, 0.3) is 10.9 Å². The van der Waals surface area contributed by atoms with Crippen LogP contribution in [0.4, 0.5) is 14.5 Å². The van der Waals surface area contributed by atoms with Gasteiger partial charge in [0.1, 0.15) is 0 Å². The molecule has 1 aromatic heterocycles. The number of nitrogens with two attached hydrogens (primary N) is 1. The predicted molar refractivity (Wildman–Crippen MR) is 51.1 cm³/mol. The van der Waals surface area contributed by atoms with Crippen molar-refractivity contribution in [1.29, 1.82) is 0 Å². The van der Waals surface area contributed by atoms with Gasteiger partial charge < -0.3 is 5.73 Å². The Bertz CT molecular complexity index is 469. The SMILES string of the molecule is Nc1cnc2c(C(F)F)cccc2c1. The normalized spacial score (nSPS) is 11.1. The Kier molecular flexibility index (Phi) is 2.04. The van der Waals surface area contributed by atoms with E-state index in [1.165, 1.54) is 12.3 Å². The summed E-state index contributed by atoms with van der Waals surface area (Å²) in [7, 11) is 0. The monoisotopic (exact) mass is 194 g/mol. The van der Waals surface area contributed by atoms with E-state index in [0.717, 1.165) is 0 Å². The second-order valence-electron chi connectivity index (χ2n) is 2.99. The van der Waals surface area contributed by atoms with Crippen molar-refractivity contribution in [2.75, 3.05) is 5.73 Å². The molecule has 0 spiro atoms. The molecule has 0 amide bonds. The number of halogens is 2. The molecule has 0 bridgehead atoms. The minimum atomic E-state index is -2.50. The highest BCUT2D eigenvalue weighted by Gasteiger charge is 2.11. The van der Waals surface area contributed by atoms with Crippen LogP contribution in [-0.4, -0.2) is 4.98 Å². The van der Waals surface area contributed by atoms with Crippen molar-refractivity contribution in [3.63, 3.8) is 0 Å². The van der Waals surface area contributed by atoms with E-state index in [-0.39, 0.29) is 5.56 Å². The lowest BCUT2D eigenvalue weighted by Gasteiger charge is -2.04. The standard InChI is InChI=1S/C10H8F2N2/c11-10(12)8-3-1-2-6-4-7(13)5-14-9(6)8/h1-5,10H,13H2. The van der Waals surface area contributed by atoms with Gasteiger partial charge in [0.2, 0.25) is 0 Å². The highest BCUT2D eigenvalue weighted by atomic mass is 19.3. The number of nitrogens with zero attached hydrogens (tertiary/aromatic N) is 1. The third-order valence-corrected chi connectivity index (χ3v) is 2.00. The van der Waals surface area contributed by atoms with Crippen LogP contribution in [-0.2, 0) is 0 Å². The molecule has 1 aromatic carbocycles. The predicted octanol–water partition coefficient (Wildman–Crippen LogP) is 2.75. The van der Waals surface area contributed by atoms with Crippen LogP contribution < -0.4 is 5.73 Å². The van der Waals surface area contributed by atoms with Gasteiger partial charge in [0, 0.05) is 10.9 Å². The number of aromatic nitrogens is 1. The largest absolute Gasteiger partial charge is 0.397 e. The molecule has 0 saturated carbocycles. The van der Waals surface area contributed by atoms with E-state index in [4.69, 9.17) is 5.73 Å². The van der Waals surface area contributed by atoms with Gasteiger partial charge in [0.05, 0.1) is 17.4 Å². The van der Waals surface area contributed by atoms with Crippen LogP contribution in [0.5, 0.6) is 0 Å². The van der Waals surface area contributed by atoms with Gasteiger partial charge in [-0.15, -0.1) is 0 Å². The summed E-state index contributed by atoms with van der Waals surface area (Å²) in [5.74, 6) is 0. The first-order chi connectivity index (χ1) is 6.68. The van der Waals surface area contributed by atoms with Gasteiger partial charge in [0.25, 0.3) is 6.43 Å². The van der Waals surface area contributed by atoms with Gasteiger partial charge in [0.15, 0.2) is 0 Å². The molecule has 0 aliphatic rings. The van der Waals surface area contributed by atoms with Crippen molar-refractivity contribution >= 4 is 16.6 Å². The van der Waals surface area contributed by atoms with E-state index in [9.17, 15) is 8.78 Å². The zero-order valence-electron chi connectivity index (χ0n) is 7.24. The van der Waals surface area contributed by atoms with E-state index >= 15 is 0 Å². The number of hydrogen-bond acceptors (Lipinski definition) is 2. The molecule has 0 fully saturated rings. The molecule has 2 nitrogen and oxygen atoms in total. The third-order valence-electron chi connectivity index (χ3n) is 2.00. The summed E-state index contributed by atoms with van der Waals surface area (Å²) in [6.07, 6.45) is -1.12. The molecule has 0 unspecified atom stereocenters. The van der Waals surface area contributed by atoms with E-state index < -0.39 is 6.43 Å². The fourth-order valence-corrected chi connectivity index (χ4v) is 1.38. The molecule has 2 aromatic rings. The highest BCUT2D eigenvalue weighted by Crippen LogP contribution is 2.26. The first kappa shape index (κ1) is 8.87. The number of para-hydroxylation sites is 1. The molecule has 0 aliphatic heterocycles. The number of rotatable bonds is 1. The molecule has 4 heteroatoms. The summed E-state index contributed by atoms with van der Waals surface area (Å²) in [6, 6.07) is 6.29. The van der Waals surface area contributed by atoms with Crippen LogP contribution in [0.1, 0.15) is 12.0 Å². The van der Waals surface area contributed by atoms with E-state index in [2.05, 4.69) is 4.98 Å². The number of anilines is 1. The zero-order chi connectivity index (χ0) is 10.1. The minimum absolute atomic E-state index is 0.0532. The molecule has 0 radical (unpaired) electrons. The van der Waals surface area contributed by atoms with Gasteiger partial charge in [-0.25, -0.2) is 8.78 Å². The highest BCUT2D eigenvalue weighted by molar-refractivity contribution is 5.84. The van der Waals surface area contributed by atoms with Crippen LogP contribution in [0.3, 0.4) is 0 Å². The van der Waals surface area contributed by atoms with Crippen LogP contribution in [0.2, 0.25) is 0 Å². The summed E-state index contributed by atoms with van der Waals surface area (Å²) in [5, 5.41) is 0.641. The first-order valence-corrected chi connectivity index (χ1v) is 4.11. The molecule has 0 aliphatic carbocycles. The van der Waals surface area contributed by atoms with Gasteiger partial charge in [-0.05, 0) is 6.07 Å². The molecular formula is C10H8F2N2. The smallest absolute Gasteiger partial charge is 0.265 e. The van der Waals surface area contributed by atoms with Crippen molar-refractivity contribution < 1.29 is 8.78 Å².